The van der Waals surface area contributed by atoms with Crippen molar-refractivity contribution in [1.29, 1.82) is 5.41 Å². The highest BCUT2D eigenvalue weighted by atomic mass is 32.3. The molecule has 3 atom stereocenters. The molecule has 272 valence electrons. The van der Waals surface area contributed by atoms with Gasteiger partial charge in [0.1, 0.15) is 23.3 Å². The maximum atomic E-state index is 13.5. The third-order valence-electron chi connectivity index (χ3n) is 9.22. The number of hydroxylamine groups is 2. The van der Waals surface area contributed by atoms with Gasteiger partial charge < -0.3 is 41.5 Å². The van der Waals surface area contributed by atoms with E-state index in [2.05, 4.69) is 30.4 Å². The number of aromatic nitrogens is 1. The van der Waals surface area contributed by atoms with E-state index in [1.165, 1.54) is 26.2 Å². The van der Waals surface area contributed by atoms with E-state index in [0.29, 0.717) is 35.6 Å². The SMILES string of the molecule is CNC1(CO)CC(NC(=N)c2ccc3c(c2)CC[C@H]([C@](C)(O/N=C(\C(=O)N[C@@H]2C(=O)N(OS(=O)(=O)O)C2(C)C)c2csc(N)n2)C(=O)O)O3)C1. The van der Waals surface area contributed by atoms with E-state index < -0.39 is 57.2 Å². The fourth-order valence-corrected chi connectivity index (χ4v) is 7.02. The molecule has 1 saturated heterocycles. The van der Waals surface area contributed by atoms with Crippen LogP contribution in [0.25, 0.3) is 0 Å². The van der Waals surface area contributed by atoms with Crippen LogP contribution in [0.2, 0.25) is 0 Å². The molecule has 1 aromatic carbocycles. The molecule has 19 nitrogen and oxygen atoms in total. The number of thiazole rings is 1. The molecule has 50 heavy (non-hydrogen) atoms. The van der Waals surface area contributed by atoms with Crippen molar-refractivity contribution in [2.45, 2.75) is 81.3 Å². The van der Waals surface area contributed by atoms with Gasteiger partial charge >= 0.3 is 16.4 Å². The number of aliphatic carboxylic acids is 1. The molecule has 1 saturated carbocycles. The largest absolute Gasteiger partial charge is 0.485 e. The predicted molar refractivity (Wildman–Crippen MR) is 177 cm³/mol. The zero-order valence-corrected chi connectivity index (χ0v) is 29.1. The summed E-state index contributed by atoms with van der Waals surface area (Å²) in [6.45, 7) is 3.96. The first-order chi connectivity index (χ1) is 23.3. The molecule has 3 heterocycles. The Balaban J connectivity index is 1.31. The number of nitrogens with one attached hydrogen (secondary N) is 4. The van der Waals surface area contributed by atoms with Crippen molar-refractivity contribution >= 4 is 56.2 Å². The van der Waals surface area contributed by atoms with Crippen LogP contribution < -0.4 is 26.4 Å². The minimum atomic E-state index is -5.04. The van der Waals surface area contributed by atoms with Crippen LogP contribution in [0, 0.1) is 5.41 Å². The van der Waals surface area contributed by atoms with Gasteiger partial charge in [-0.05, 0) is 77.3 Å². The molecule has 5 rings (SSSR count). The molecule has 2 fully saturated rings. The maximum absolute atomic E-state index is 13.5. The molecule has 9 N–H and O–H groups in total. The van der Waals surface area contributed by atoms with E-state index in [4.69, 9.17) is 25.3 Å². The number of ether oxygens (including phenoxy) is 1. The van der Waals surface area contributed by atoms with Crippen LogP contribution in [0.1, 0.15) is 56.9 Å². The van der Waals surface area contributed by atoms with Crippen LogP contribution in [0.5, 0.6) is 5.75 Å². The molecular formula is C29H38N8O11S2. The highest BCUT2D eigenvalue weighted by molar-refractivity contribution is 7.80. The van der Waals surface area contributed by atoms with Gasteiger partial charge in [0, 0.05) is 22.5 Å². The number of hydrogen-bond donors (Lipinski definition) is 8. The van der Waals surface area contributed by atoms with Gasteiger partial charge in [-0.3, -0.25) is 19.6 Å². The summed E-state index contributed by atoms with van der Waals surface area (Å²) in [5.41, 5.74) is 2.54. The van der Waals surface area contributed by atoms with Gasteiger partial charge in [-0.1, -0.05) is 5.16 Å². The average molecular weight is 739 g/mol. The Kier molecular flexibility index (Phi) is 9.86. The summed E-state index contributed by atoms with van der Waals surface area (Å²) in [5.74, 6) is -2.91. The second-order valence-electron chi connectivity index (χ2n) is 13.0. The summed E-state index contributed by atoms with van der Waals surface area (Å²) < 4.78 is 41.7. The number of oxime groups is 1. The number of benzene rings is 1. The van der Waals surface area contributed by atoms with Gasteiger partial charge in [0.25, 0.3) is 17.4 Å². The van der Waals surface area contributed by atoms with Gasteiger partial charge in [-0.25, -0.2) is 9.78 Å². The smallest absolute Gasteiger partial charge is 0.418 e. The van der Waals surface area contributed by atoms with E-state index >= 15 is 0 Å². The lowest BCUT2D eigenvalue weighted by atomic mass is 9.73. The van der Waals surface area contributed by atoms with Crippen LogP contribution >= 0.6 is 11.3 Å². The number of nitrogens with zero attached hydrogens (tertiary/aromatic N) is 3. The number of nitrogens with two attached hydrogens (primary N) is 1. The minimum absolute atomic E-state index is 0.00115. The lowest BCUT2D eigenvalue weighted by Crippen LogP contribution is -2.76. The van der Waals surface area contributed by atoms with Gasteiger partial charge in [0.15, 0.2) is 16.9 Å². The molecule has 0 spiro atoms. The first-order valence-electron chi connectivity index (χ1n) is 15.3. The average Bonchev–Trinajstić information content (AvgIpc) is 3.48. The molecule has 1 aliphatic carbocycles. The molecule has 0 radical (unpaired) electrons. The number of carbonyl (C=O) groups excluding carboxylic acids is 2. The van der Waals surface area contributed by atoms with Crippen LogP contribution in [-0.2, 0) is 40.3 Å². The van der Waals surface area contributed by atoms with Gasteiger partial charge in [-0.2, -0.15) is 13.5 Å². The highest BCUT2D eigenvalue weighted by Gasteiger charge is 2.58. The Hall–Kier alpha value is -4.41. The lowest BCUT2D eigenvalue weighted by molar-refractivity contribution is -0.218. The molecular weight excluding hydrogens is 700 g/mol. The van der Waals surface area contributed by atoms with E-state index in [1.807, 2.05) is 0 Å². The Bertz CT molecular complexity index is 1840. The summed E-state index contributed by atoms with van der Waals surface area (Å²) in [7, 11) is -3.25. The molecule has 3 aliphatic rings. The monoisotopic (exact) mass is 738 g/mol. The number of carbonyl (C=O) groups is 3. The van der Waals surface area contributed by atoms with Gasteiger partial charge in [0.05, 0.1) is 12.1 Å². The van der Waals surface area contributed by atoms with Crippen molar-refractivity contribution in [1.82, 2.24) is 26.0 Å². The molecule has 2 aliphatic heterocycles. The molecule has 2 amide bonds. The van der Waals surface area contributed by atoms with E-state index in [-0.39, 0.29) is 41.3 Å². The van der Waals surface area contributed by atoms with E-state index in [9.17, 15) is 33.0 Å². The highest BCUT2D eigenvalue weighted by Crippen LogP contribution is 2.36. The molecule has 2 aromatic rings. The lowest BCUT2D eigenvalue weighted by Gasteiger charge is -2.50. The third kappa shape index (κ3) is 7.09. The Labute approximate surface area is 290 Å². The summed E-state index contributed by atoms with van der Waals surface area (Å²) in [6.07, 6.45) is 0.763. The minimum Gasteiger partial charge on any atom is -0.485 e. The van der Waals surface area contributed by atoms with Gasteiger partial charge in [0.2, 0.25) is 0 Å². The second kappa shape index (κ2) is 13.4. The van der Waals surface area contributed by atoms with Crippen LogP contribution in [-0.4, -0.2) is 111 Å². The van der Waals surface area contributed by atoms with Crippen LogP contribution in [0.4, 0.5) is 5.13 Å². The number of aryl methyl sites for hydroxylation is 1. The topological polar surface area (TPSA) is 288 Å². The Morgan fingerprint density at radius 2 is 2.00 bits per heavy atom. The second-order valence-corrected chi connectivity index (χ2v) is 14.9. The fraction of sp³-hybridized carbons (Fsp3) is 0.517. The number of hydrogen-bond acceptors (Lipinski definition) is 15. The molecule has 21 heteroatoms. The number of likely N-dealkylation sites (N-methyl/N-ethyl adjacent to an activating group) is 1. The van der Waals surface area contributed by atoms with Crippen molar-refractivity contribution in [3.05, 3.63) is 40.4 Å². The maximum Gasteiger partial charge on any atom is 0.418 e. The first kappa shape index (κ1) is 36.9. The van der Waals surface area contributed by atoms with Gasteiger partial charge in [-0.15, -0.1) is 15.6 Å². The number of aliphatic hydroxyl groups excluding tert-OH is 1. The van der Waals surface area contributed by atoms with Crippen molar-refractivity contribution in [2.24, 2.45) is 5.16 Å². The van der Waals surface area contributed by atoms with Crippen molar-refractivity contribution < 1.29 is 51.4 Å². The number of rotatable bonds is 13. The number of amides is 2. The molecule has 0 unspecified atom stereocenters. The Morgan fingerprint density at radius 1 is 1.30 bits per heavy atom. The number of nitrogen functional groups attached to an aromatic ring is 1. The third-order valence-corrected chi connectivity index (χ3v) is 10.2. The number of β-lactam (4-membered cyclic amide) rings is 1. The number of anilines is 1. The van der Waals surface area contributed by atoms with E-state index in [1.54, 1.807) is 25.2 Å². The summed E-state index contributed by atoms with van der Waals surface area (Å²) in [6, 6.07) is 3.77. The van der Waals surface area contributed by atoms with Crippen LogP contribution in [0.15, 0.2) is 28.7 Å². The van der Waals surface area contributed by atoms with E-state index in [0.717, 1.165) is 16.9 Å². The summed E-state index contributed by atoms with van der Waals surface area (Å²) in [5, 5.41) is 42.8. The summed E-state index contributed by atoms with van der Waals surface area (Å²) >= 11 is 0.956. The van der Waals surface area contributed by atoms with Crippen LogP contribution in [0.3, 0.4) is 0 Å². The number of amidine groups is 1. The van der Waals surface area contributed by atoms with Crippen molar-refractivity contribution in [3.8, 4) is 5.75 Å². The fourth-order valence-electron chi connectivity index (χ4n) is 6.01. The summed E-state index contributed by atoms with van der Waals surface area (Å²) in [4.78, 5) is 48.3. The quantitative estimate of drug-likeness (QED) is 0.0425. The number of carboxylic acids is 1. The molecule has 0 bridgehead atoms. The normalized spacial score (nSPS) is 25.6. The standard InChI is InChI=1S/C29H38N8O11S2/c1-27(2)21(24(40)37(27)48-50(43,44)45)35-23(39)20(17-12-49-26(31)34-17)36-47-28(3,25(41)42)19-8-6-14-9-15(5-7-18(14)46-19)22(30)33-16-10-29(11-16,13-38)32-4/h5,7,9,12,16,19,21,32,38H,6,8,10-11,13H2,1-4H3,(H2,30,33)(H2,31,34)(H,35,39)(H,41,42)(H,43,44,45)/b36-20-/t16?,19-,21-,28+,29?/m1/s1. The number of carboxylic acid groups (broad SMARTS) is 1. The predicted octanol–water partition coefficient (Wildman–Crippen LogP) is -0.449. The molecule has 1 aromatic heterocycles. The zero-order chi connectivity index (χ0) is 36.8. The van der Waals surface area contributed by atoms with Crippen molar-refractivity contribution in [3.63, 3.8) is 0 Å². The number of fused-ring (bicyclic) bond motifs is 1. The zero-order valence-electron chi connectivity index (χ0n) is 27.4. The van der Waals surface area contributed by atoms with Crippen molar-refractivity contribution in [2.75, 3.05) is 19.4 Å². The first-order valence-corrected chi connectivity index (χ1v) is 17.5. The number of aliphatic hydroxyl groups is 1. The Morgan fingerprint density at radius 3 is 2.56 bits per heavy atom.